The third-order valence-electron chi connectivity index (χ3n) is 3.09. The van der Waals surface area contributed by atoms with Crippen LogP contribution in [0.4, 0.5) is 0 Å². The maximum absolute atomic E-state index is 3.50. The van der Waals surface area contributed by atoms with Crippen molar-refractivity contribution in [2.75, 3.05) is 0 Å². The molecule has 0 radical (unpaired) electrons. The molecule has 1 unspecified atom stereocenters. The SMILES string of the molecule is CC1Cc2c([nH]c3cc(Br)ccc23)CN1. The first-order valence-corrected chi connectivity index (χ1v) is 6.05. The van der Waals surface area contributed by atoms with Gasteiger partial charge in [0, 0.05) is 33.7 Å². The number of rotatable bonds is 0. The summed E-state index contributed by atoms with van der Waals surface area (Å²) in [5.74, 6) is 0. The zero-order valence-corrected chi connectivity index (χ0v) is 10.2. The summed E-state index contributed by atoms with van der Waals surface area (Å²) in [6.07, 6.45) is 1.12. The van der Waals surface area contributed by atoms with E-state index in [4.69, 9.17) is 0 Å². The van der Waals surface area contributed by atoms with E-state index in [1.165, 1.54) is 22.2 Å². The number of hydrogen-bond acceptors (Lipinski definition) is 1. The van der Waals surface area contributed by atoms with Gasteiger partial charge in [-0.05, 0) is 31.0 Å². The van der Waals surface area contributed by atoms with E-state index in [0.717, 1.165) is 17.4 Å². The van der Waals surface area contributed by atoms with E-state index in [2.05, 4.69) is 51.4 Å². The van der Waals surface area contributed by atoms with Crippen molar-refractivity contribution in [2.24, 2.45) is 0 Å². The quantitative estimate of drug-likeness (QED) is 0.753. The molecule has 1 aromatic heterocycles. The minimum Gasteiger partial charge on any atom is -0.357 e. The first-order chi connectivity index (χ1) is 7.24. The number of benzene rings is 1. The van der Waals surface area contributed by atoms with Gasteiger partial charge in [0.1, 0.15) is 0 Å². The minimum absolute atomic E-state index is 0.583. The van der Waals surface area contributed by atoms with Crippen LogP contribution >= 0.6 is 15.9 Å². The number of hydrogen-bond donors (Lipinski definition) is 2. The lowest BCUT2D eigenvalue weighted by atomic mass is 10.00. The first-order valence-electron chi connectivity index (χ1n) is 5.26. The van der Waals surface area contributed by atoms with Gasteiger partial charge in [0.05, 0.1) is 0 Å². The van der Waals surface area contributed by atoms with Gasteiger partial charge in [0.25, 0.3) is 0 Å². The normalized spacial score (nSPS) is 20.5. The lowest BCUT2D eigenvalue weighted by Crippen LogP contribution is -2.32. The Kier molecular flexibility index (Phi) is 2.11. The largest absolute Gasteiger partial charge is 0.357 e. The van der Waals surface area contributed by atoms with Crippen LogP contribution in [0, 0.1) is 0 Å². The van der Waals surface area contributed by atoms with Gasteiger partial charge < -0.3 is 10.3 Å². The van der Waals surface area contributed by atoms with Crippen molar-refractivity contribution < 1.29 is 0 Å². The van der Waals surface area contributed by atoms with Crippen LogP contribution in [0.1, 0.15) is 18.2 Å². The van der Waals surface area contributed by atoms with Crippen molar-refractivity contribution >= 4 is 26.8 Å². The molecule has 2 N–H and O–H groups in total. The Hall–Kier alpha value is -0.800. The van der Waals surface area contributed by atoms with E-state index >= 15 is 0 Å². The molecule has 3 heteroatoms. The van der Waals surface area contributed by atoms with Crippen molar-refractivity contribution in [3.05, 3.63) is 33.9 Å². The summed E-state index contributed by atoms with van der Waals surface area (Å²) >= 11 is 3.50. The Morgan fingerprint density at radius 1 is 1.40 bits per heavy atom. The fraction of sp³-hybridized carbons (Fsp3) is 0.333. The van der Waals surface area contributed by atoms with E-state index in [0.29, 0.717) is 6.04 Å². The Morgan fingerprint density at radius 3 is 3.13 bits per heavy atom. The average Bonchev–Trinajstić information content (AvgIpc) is 2.54. The molecule has 1 aromatic carbocycles. The van der Waals surface area contributed by atoms with Gasteiger partial charge in [0.15, 0.2) is 0 Å². The molecule has 78 valence electrons. The molecule has 2 heterocycles. The third kappa shape index (κ3) is 1.50. The van der Waals surface area contributed by atoms with E-state index in [1.807, 2.05) is 0 Å². The topological polar surface area (TPSA) is 27.8 Å². The van der Waals surface area contributed by atoms with Gasteiger partial charge in [-0.1, -0.05) is 22.0 Å². The zero-order valence-electron chi connectivity index (χ0n) is 8.60. The Labute approximate surface area is 97.2 Å². The first kappa shape index (κ1) is 9.43. The van der Waals surface area contributed by atoms with E-state index in [-0.39, 0.29) is 0 Å². The van der Waals surface area contributed by atoms with Crippen LogP contribution in [-0.2, 0) is 13.0 Å². The summed E-state index contributed by atoms with van der Waals surface area (Å²) in [6.45, 7) is 3.20. The maximum Gasteiger partial charge on any atom is 0.0470 e. The van der Waals surface area contributed by atoms with Crippen molar-refractivity contribution in [1.29, 1.82) is 0 Å². The molecule has 2 aromatic rings. The van der Waals surface area contributed by atoms with Crippen LogP contribution < -0.4 is 5.32 Å². The molecular weight excluding hydrogens is 252 g/mol. The molecule has 0 amide bonds. The smallest absolute Gasteiger partial charge is 0.0470 e. The lowest BCUT2D eigenvalue weighted by molar-refractivity contribution is 0.511. The lowest BCUT2D eigenvalue weighted by Gasteiger charge is -2.20. The van der Waals surface area contributed by atoms with Crippen LogP contribution in [0.15, 0.2) is 22.7 Å². The number of fused-ring (bicyclic) bond motifs is 3. The highest BCUT2D eigenvalue weighted by Crippen LogP contribution is 2.28. The van der Waals surface area contributed by atoms with E-state index in [1.54, 1.807) is 0 Å². The standard InChI is InChI=1S/C12H13BrN2/c1-7-4-10-9-3-2-8(13)5-11(9)15-12(10)6-14-7/h2-3,5,7,14-15H,4,6H2,1H3. The van der Waals surface area contributed by atoms with E-state index in [9.17, 15) is 0 Å². The van der Waals surface area contributed by atoms with Crippen LogP contribution in [0.3, 0.4) is 0 Å². The van der Waals surface area contributed by atoms with E-state index < -0.39 is 0 Å². The van der Waals surface area contributed by atoms with Gasteiger partial charge in [-0.2, -0.15) is 0 Å². The molecule has 1 aliphatic rings. The third-order valence-corrected chi connectivity index (χ3v) is 3.59. The minimum atomic E-state index is 0.583. The second-order valence-corrected chi connectivity index (χ2v) is 5.17. The second-order valence-electron chi connectivity index (χ2n) is 4.26. The Balaban J connectivity index is 2.24. The Bertz CT molecular complexity index is 516. The molecule has 0 bridgehead atoms. The highest BCUT2D eigenvalue weighted by molar-refractivity contribution is 9.10. The predicted molar refractivity (Wildman–Crippen MR) is 66.0 cm³/mol. The monoisotopic (exact) mass is 264 g/mol. The Morgan fingerprint density at radius 2 is 2.27 bits per heavy atom. The molecule has 15 heavy (non-hydrogen) atoms. The number of aromatic amines is 1. The number of nitrogens with one attached hydrogen (secondary N) is 2. The van der Waals surface area contributed by atoms with Crippen molar-refractivity contribution in [3.63, 3.8) is 0 Å². The summed E-state index contributed by atoms with van der Waals surface area (Å²) in [4.78, 5) is 3.48. The summed E-state index contributed by atoms with van der Waals surface area (Å²) in [5.41, 5.74) is 4.08. The van der Waals surface area contributed by atoms with Crippen molar-refractivity contribution in [1.82, 2.24) is 10.3 Å². The summed E-state index contributed by atoms with van der Waals surface area (Å²) < 4.78 is 1.13. The summed E-state index contributed by atoms with van der Waals surface area (Å²) in [6, 6.07) is 7.05. The van der Waals surface area contributed by atoms with Crippen molar-refractivity contribution in [3.8, 4) is 0 Å². The van der Waals surface area contributed by atoms with Crippen LogP contribution in [0.5, 0.6) is 0 Å². The molecule has 0 spiro atoms. The van der Waals surface area contributed by atoms with Gasteiger partial charge >= 0.3 is 0 Å². The fourth-order valence-corrected chi connectivity index (χ4v) is 2.68. The van der Waals surface area contributed by atoms with Crippen LogP contribution in [0.2, 0.25) is 0 Å². The highest BCUT2D eigenvalue weighted by Gasteiger charge is 2.18. The number of H-pyrrole nitrogens is 1. The second kappa shape index (κ2) is 3.35. The summed E-state index contributed by atoms with van der Waals surface area (Å²) in [5, 5.41) is 4.85. The molecule has 1 atom stereocenters. The fourth-order valence-electron chi connectivity index (χ4n) is 2.32. The molecule has 0 aliphatic carbocycles. The molecule has 1 aliphatic heterocycles. The van der Waals surface area contributed by atoms with Gasteiger partial charge in [0.2, 0.25) is 0 Å². The van der Waals surface area contributed by atoms with Crippen LogP contribution in [-0.4, -0.2) is 11.0 Å². The molecule has 2 nitrogen and oxygen atoms in total. The van der Waals surface area contributed by atoms with Gasteiger partial charge in [-0.3, -0.25) is 0 Å². The average molecular weight is 265 g/mol. The molecule has 0 fully saturated rings. The summed E-state index contributed by atoms with van der Waals surface area (Å²) in [7, 11) is 0. The molecular formula is C12H13BrN2. The molecule has 0 saturated carbocycles. The number of halogens is 1. The predicted octanol–water partition coefficient (Wildman–Crippen LogP) is 2.96. The van der Waals surface area contributed by atoms with Gasteiger partial charge in [-0.15, -0.1) is 0 Å². The molecule has 3 rings (SSSR count). The number of aromatic nitrogens is 1. The highest BCUT2D eigenvalue weighted by atomic mass is 79.9. The van der Waals surface area contributed by atoms with Gasteiger partial charge in [-0.25, -0.2) is 0 Å². The molecule has 0 saturated heterocycles. The zero-order chi connectivity index (χ0) is 10.4. The van der Waals surface area contributed by atoms with Crippen LogP contribution in [0.25, 0.3) is 10.9 Å². The van der Waals surface area contributed by atoms with Crippen molar-refractivity contribution in [2.45, 2.75) is 25.9 Å². The maximum atomic E-state index is 3.50.